The maximum atomic E-state index is 12.0. The number of benzene rings is 2. The molecule has 1 N–H and O–H groups in total. The van der Waals surface area contributed by atoms with Crippen molar-refractivity contribution >= 4 is 39.1 Å². The van der Waals surface area contributed by atoms with Gasteiger partial charge in [0.1, 0.15) is 11.5 Å². The van der Waals surface area contributed by atoms with Gasteiger partial charge < -0.3 is 14.5 Å². The maximum absolute atomic E-state index is 12.0. The molecule has 0 spiro atoms. The Hall–Kier alpha value is -2.24. The molecule has 1 amide bonds. The van der Waals surface area contributed by atoms with E-state index in [1.165, 1.54) is 0 Å². The quantitative estimate of drug-likeness (QED) is 0.616. The molecule has 1 heterocycles. The van der Waals surface area contributed by atoms with E-state index in [1.54, 1.807) is 60.7 Å². The van der Waals surface area contributed by atoms with Crippen LogP contribution in [-0.4, -0.2) is 5.91 Å². The summed E-state index contributed by atoms with van der Waals surface area (Å²) in [7, 11) is 0. The highest BCUT2D eigenvalue weighted by Crippen LogP contribution is 2.24. The van der Waals surface area contributed by atoms with Crippen LogP contribution in [0, 0.1) is 0 Å². The van der Waals surface area contributed by atoms with Gasteiger partial charge in [-0.2, -0.15) is 0 Å². The summed E-state index contributed by atoms with van der Waals surface area (Å²) in [5.41, 5.74) is 0.644. The molecule has 6 heteroatoms. The van der Waals surface area contributed by atoms with Gasteiger partial charge in [0, 0.05) is 10.7 Å². The van der Waals surface area contributed by atoms with Gasteiger partial charge in [-0.3, -0.25) is 4.79 Å². The topological polar surface area (TPSA) is 51.5 Å². The second-order valence-corrected chi connectivity index (χ2v) is 5.86. The number of halogens is 2. The molecule has 0 saturated carbocycles. The molecular formula is C17H11BrClNO3. The number of ether oxygens (including phenoxy) is 1. The van der Waals surface area contributed by atoms with Crippen LogP contribution in [-0.2, 0) is 0 Å². The van der Waals surface area contributed by atoms with Gasteiger partial charge in [-0.25, -0.2) is 0 Å². The fourth-order valence-corrected chi connectivity index (χ4v) is 2.31. The SMILES string of the molecule is O=C(Nc1ccc(Oc2ccc(Cl)cc2)cc1)c1ccc(Br)o1. The van der Waals surface area contributed by atoms with Crippen LogP contribution in [0.25, 0.3) is 0 Å². The highest BCUT2D eigenvalue weighted by atomic mass is 79.9. The van der Waals surface area contributed by atoms with E-state index in [-0.39, 0.29) is 11.7 Å². The van der Waals surface area contributed by atoms with Crippen LogP contribution in [0.1, 0.15) is 10.6 Å². The molecule has 3 aromatic rings. The third kappa shape index (κ3) is 4.15. The lowest BCUT2D eigenvalue weighted by Crippen LogP contribution is -2.10. The number of nitrogens with one attached hydrogen (secondary N) is 1. The van der Waals surface area contributed by atoms with E-state index in [0.29, 0.717) is 26.9 Å². The zero-order valence-electron chi connectivity index (χ0n) is 11.8. The summed E-state index contributed by atoms with van der Waals surface area (Å²) < 4.78 is 11.4. The zero-order chi connectivity index (χ0) is 16.2. The van der Waals surface area contributed by atoms with Crippen molar-refractivity contribution in [2.45, 2.75) is 0 Å². The normalized spacial score (nSPS) is 10.3. The number of amides is 1. The van der Waals surface area contributed by atoms with Crippen molar-refractivity contribution in [3.05, 3.63) is 76.1 Å². The lowest BCUT2D eigenvalue weighted by atomic mass is 10.3. The Morgan fingerprint density at radius 3 is 2.13 bits per heavy atom. The lowest BCUT2D eigenvalue weighted by Gasteiger charge is -2.07. The minimum Gasteiger partial charge on any atom is -0.457 e. The smallest absolute Gasteiger partial charge is 0.291 e. The van der Waals surface area contributed by atoms with Gasteiger partial charge in [-0.1, -0.05) is 11.6 Å². The van der Waals surface area contributed by atoms with E-state index in [2.05, 4.69) is 21.2 Å². The van der Waals surface area contributed by atoms with Gasteiger partial charge in [0.25, 0.3) is 5.91 Å². The van der Waals surface area contributed by atoms with Gasteiger partial charge in [-0.05, 0) is 76.6 Å². The largest absolute Gasteiger partial charge is 0.457 e. The van der Waals surface area contributed by atoms with Gasteiger partial charge >= 0.3 is 0 Å². The third-order valence-corrected chi connectivity index (χ3v) is 3.64. The van der Waals surface area contributed by atoms with Crippen molar-refractivity contribution < 1.29 is 13.9 Å². The van der Waals surface area contributed by atoms with E-state index >= 15 is 0 Å². The van der Waals surface area contributed by atoms with Crippen molar-refractivity contribution in [1.82, 2.24) is 0 Å². The molecule has 0 bridgehead atoms. The maximum Gasteiger partial charge on any atom is 0.291 e. The molecule has 116 valence electrons. The van der Waals surface area contributed by atoms with Crippen molar-refractivity contribution in [3.63, 3.8) is 0 Å². The standard InChI is InChI=1S/C17H11BrClNO3/c18-16-10-9-15(23-16)17(21)20-12-3-7-14(8-4-12)22-13-5-1-11(19)2-6-13/h1-10H,(H,20,21). The fraction of sp³-hybridized carbons (Fsp3) is 0. The van der Waals surface area contributed by atoms with Crippen molar-refractivity contribution in [3.8, 4) is 11.5 Å². The molecule has 0 unspecified atom stereocenters. The number of carbonyl (C=O) groups is 1. The Morgan fingerprint density at radius 1 is 0.957 bits per heavy atom. The Kier molecular flexibility index (Phi) is 4.69. The summed E-state index contributed by atoms with van der Waals surface area (Å²) >= 11 is 8.99. The summed E-state index contributed by atoms with van der Waals surface area (Å²) in [5, 5.41) is 3.40. The molecule has 2 aromatic carbocycles. The highest BCUT2D eigenvalue weighted by molar-refractivity contribution is 9.10. The summed E-state index contributed by atoms with van der Waals surface area (Å²) in [6.45, 7) is 0. The summed E-state index contributed by atoms with van der Waals surface area (Å²) in [4.78, 5) is 12.0. The number of furan rings is 1. The van der Waals surface area contributed by atoms with Crippen LogP contribution >= 0.6 is 27.5 Å². The van der Waals surface area contributed by atoms with E-state index in [4.69, 9.17) is 20.8 Å². The number of rotatable bonds is 4. The van der Waals surface area contributed by atoms with E-state index in [1.807, 2.05) is 0 Å². The van der Waals surface area contributed by atoms with Crippen LogP contribution in [0.5, 0.6) is 11.5 Å². The van der Waals surface area contributed by atoms with Crippen molar-refractivity contribution in [2.24, 2.45) is 0 Å². The molecule has 0 atom stereocenters. The Bertz CT molecular complexity index is 813. The fourth-order valence-electron chi connectivity index (χ4n) is 1.87. The van der Waals surface area contributed by atoms with E-state index < -0.39 is 0 Å². The van der Waals surface area contributed by atoms with Gasteiger partial charge in [0.2, 0.25) is 0 Å². The van der Waals surface area contributed by atoms with Crippen LogP contribution in [0.4, 0.5) is 5.69 Å². The summed E-state index contributed by atoms with van der Waals surface area (Å²) in [5.74, 6) is 1.26. The predicted octanol–water partition coefficient (Wildman–Crippen LogP) is 5.74. The predicted molar refractivity (Wildman–Crippen MR) is 92.3 cm³/mol. The molecule has 1 aromatic heterocycles. The second kappa shape index (κ2) is 6.89. The number of hydrogen-bond donors (Lipinski definition) is 1. The van der Waals surface area contributed by atoms with Gasteiger partial charge in [-0.15, -0.1) is 0 Å². The average Bonchev–Trinajstić information content (AvgIpc) is 2.98. The van der Waals surface area contributed by atoms with Crippen LogP contribution in [0.15, 0.2) is 69.8 Å². The first-order valence-electron chi connectivity index (χ1n) is 6.70. The van der Waals surface area contributed by atoms with Crippen LogP contribution < -0.4 is 10.1 Å². The van der Waals surface area contributed by atoms with E-state index in [0.717, 1.165) is 0 Å². The first-order valence-corrected chi connectivity index (χ1v) is 7.87. The lowest BCUT2D eigenvalue weighted by molar-refractivity contribution is 0.0995. The molecule has 0 aliphatic heterocycles. The Morgan fingerprint density at radius 2 is 1.57 bits per heavy atom. The van der Waals surface area contributed by atoms with Gasteiger partial charge in [0.05, 0.1) is 0 Å². The minimum atomic E-state index is -0.318. The number of carbonyl (C=O) groups excluding carboxylic acids is 1. The molecular weight excluding hydrogens is 382 g/mol. The van der Waals surface area contributed by atoms with Gasteiger partial charge in [0.15, 0.2) is 10.4 Å². The molecule has 23 heavy (non-hydrogen) atoms. The monoisotopic (exact) mass is 391 g/mol. The molecule has 0 aliphatic rings. The molecule has 3 rings (SSSR count). The minimum absolute atomic E-state index is 0.235. The number of hydrogen-bond acceptors (Lipinski definition) is 3. The second-order valence-electron chi connectivity index (χ2n) is 4.64. The average molecular weight is 393 g/mol. The Balaban J connectivity index is 1.65. The molecule has 0 radical (unpaired) electrons. The van der Waals surface area contributed by atoms with Crippen LogP contribution in [0.2, 0.25) is 5.02 Å². The summed E-state index contributed by atoms with van der Waals surface area (Å²) in [6, 6.07) is 17.4. The molecule has 0 fully saturated rings. The number of anilines is 1. The van der Waals surface area contributed by atoms with Crippen molar-refractivity contribution in [1.29, 1.82) is 0 Å². The zero-order valence-corrected chi connectivity index (χ0v) is 14.1. The van der Waals surface area contributed by atoms with E-state index in [9.17, 15) is 4.79 Å². The Labute approximate surface area is 146 Å². The highest BCUT2D eigenvalue weighted by Gasteiger charge is 2.10. The molecule has 0 saturated heterocycles. The first kappa shape index (κ1) is 15.6. The van der Waals surface area contributed by atoms with Crippen LogP contribution in [0.3, 0.4) is 0 Å². The van der Waals surface area contributed by atoms with Crippen molar-refractivity contribution in [2.75, 3.05) is 5.32 Å². The first-order chi connectivity index (χ1) is 11.1. The molecule has 0 aliphatic carbocycles. The summed E-state index contributed by atoms with van der Waals surface area (Å²) in [6.07, 6.45) is 0. The third-order valence-electron chi connectivity index (χ3n) is 2.96. The molecule has 4 nitrogen and oxygen atoms in total.